The first kappa shape index (κ1) is 17.1. The van der Waals surface area contributed by atoms with Gasteiger partial charge in [-0.25, -0.2) is 0 Å². The molecule has 0 saturated carbocycles. The Bertz CT molecular complexity index is 459. The van der Waals surface area contributed by atoms with Crippen LogP contribution in [0.4, 0.5) is 13.2 Å². The Morgan fingerprint density at radius 2 is 2.00 bits per heavy atom. The van der Waals surface area contributed by atoms with E-state index in [0.717, 1.165) is 31.5 Å². The first-order valence-electron chi connectivity index (χ1n) is 7.69. The van der Waals surface area contributed by atoms with Gasteiger partial charge in [0.05, 0.1) is 0 Å². The first-order valence-corrected chi connectivity index (χ1v) is 7.69. The van der Waals surface area contributed by atoms with E-state index in [1.807, 2.05) is 0 Å². The third-order valence-electron chi connectivity index (χ3n) is 4.27. The molecule has 2 unspecified atom stereocenters. The average molecular weight is 316 g/mol. The lowest BCUT2D eigenvalue weighted by Gasteiger charge is -2.37. The molecule has 0 aliphatic carbocycles. The van der Waals surface area contributed by atoms with Crippen LogP contribution in [0.15, 0.2) is 24.3 Å². The SMILES string of the molecule is CC(c1ccc(OC(F)(F)F)cc1)N1CCCC(CCN)C1. The molecule has 1 saturated heterocycles. The Morgan fingerprint density at radius 3 is 2.59 bits per heavy atom. The van der Waals surface area contributed by atoms with Crippen molar-refractivity contribution in [2.24, 2.45) is 11.7 Å². The van der Waals surface area contributed by atoms with Crippen molar-refractivity contribution in [3.63, 3.8) is 0 Å². The number of ether oxygens (including phenoxy) is 1. The third-order valence-corrected chi connectivity index (χ3v) is 4.27. The van der Waals surface area contributed by atoms with Crippen molar-refractivity contribution < 1.29 is 17.9 Å². The minimum absolute atomic E-state index is 0.178. The Hall–Kier alpha value is -1.27. The molecular formula is C16H23F3N2O. The van der Waals surface area contributed by atoms with Gasteiger partial charge in [0.2, 0.25) is 0 Å². The number of piperidine rings is 1. The van der Waals surface area contributed by atoms with Gasteiger partial charge in [0.1, 0.15) is 5.75 Å². The van der Waals surface area contributed by atoms with Gasteiger partial charge in [-0.15, -0.1) is 13.2 Å². The lowest BCUT2D eigenvalue weighted by Crippen LogP contribution is -2.37. The quantitative estimate of drug-likeness (QED) is 0.900. The summed E-state index contributed by atoms with van der Waals surface area (Å²) in [5.41, 5.74) is 6.64. The molecule has 124 valence electrons. The molecule has 0 bridgehead atoms. The molecule has 3 nitrogen and oxygen atoms in total. The van der Waals surface area contributed by atoms with Gasteiger partial charge < -0.3 is 10.5 Å². The zero-order valence-electron chi connectivity index (χ0n) is 12.8. The number of hydrogen-bond acceptors (Lipinski definition) is 3. The standard InChI is InChI=1S/C16H23F3N2O/c1-12(21-10-2-3-13(11-21)8-9-20)14-4-6-15(7-5-14)22-16(17,18)19/h4-7,12-13H,2-3,8-11,20H2,1H3. The summed E-state index contributed by atoms with van der Waals surface area (Å²) in [5.74, 6) is 0.442. The van der Waals surface area contributed by atoms with Crippen LogP contribution < -0.4 is 10.5 Å². The fourth-order valence-electron chi connectivity index (χ4n) is 3.08. The molecule has 1 aromatic carbocycles. The van der Waals surface area contributed by atoms with Crippen LogP contribution in [0.1, 0.15) is 37.8 Å². The van der Waals surface area contributed by atoms with Gasteiger partial charge in [-0.1, -0.05) is 12.1 Å². The van der Waals surface area contributed by atoms with Gasteiger partial charge in [0.15, 0.2) is 0 Å². The average Bonchev–Trinajstić information content (AvgIpc) is 2.46. The van der Waals surface area contributed by atoms with E-state index >= 15 is 0 Å². The smallest absolute Gasteiger partial charge is 0.406 e. The summed E-state index contributed by atoms with van der Waals surface area (Å²) in [6.45, 7) is 4.81. The second kappa shape index (κ2) is 7.33. The fraction of sp³-hybridized carbons (Fsp3) is 0.625. The van der Waals surface area contributed by atoms with E-state index in [1.54, 1.807) is 12.1 Å². The number of nitrogens with two attached hydrogens (primary N) is 1. The number of hydrogen-bond donors (Lipinski definition) is 1. The Labute approximate surface area is 129 Å². The molecule has 2 rings (SSSR count). The zero-order valence-corrected chi connectivity index (χ0v) is 12.8. The summed E-state index contributed by atoms with van der Waals surface area (Å²) in [5, 5.41) is 0. The normalized spacial score (nSPS) is 21.6. The van der Waals surface area contributed by atoms with Crippen molar-refractivity contribution in [1.29, 1.82) is 0 Å². The number of nitrogens with zero attached hydrogens (tertiary/aromatic N) is 1. The van der Waals surface area contributed by atoms with Gasteiger partial charge in [0.25, 0.3) is 0 Å². The maximum Gasteiger partial charge on any atom is 0.573 e. The van der Waals surface area contributed by atoms with Gasteiger partial charge in [-0.3, -0.25) is 4.90 Å². The fourth-order valence-corrected chi connectivity index (χ4v) is 3.08. The van der Waals surface area contributed by atoms with E-state index in [2.05, 4.69) is 16.6 Å². The number of rotatable bonds is 5. The van der Waals surface area contributed by atoms with Gasteiger partial charge in [0, 0.05) is 12.6 Å². The predicted octanol–water partition coefficient (Wildman–Crippen LogP) is 3.71. The molecule has 0 amide bonds. The maximum atomic E-state index is 12.2. The van der Waals surface area contributed by atoms with E-state index in [1.165, 1.54) is 18.6 Å². The lowest BCUT2D eigenvalue weighted by molar-refractivity contribution is -0.274. The van der Waals surface area contributed by atoms with Crippen LogP contribution >= 0.6 is 0 Å². The van der Waals surface area contributed by atoms with Crippen LogP contribution in [0.25, 0.3) is 0 Å². The molecule has 0 aromatic heterocycles. The topological polar surface area (TPSA) is 38.5 Å². The summed E-state index contributed by atoms with van der Waals surface area (Å²) in [7, 11) is 0. The highest BCUT2D eigenvalue weighted by atomic mass is 19.4. The van der Waals surface area contributed by atoms with Crippen molar-refractivity contribution in [2.45, 2.75) is 38.6 Å². The van der Waals surface area contributed by atoms with Crippen LogP contribution in [0.2, 0.25) is 0 Å². The van der Waals surface area contributed by atoms with E-state index in [4.69, 9.17) is 5.73 Å². The monoisotopic (exact) mass is 316 g/mol. The van der Waals surface area contributed by atoms with E-state index in [0.29, 0.717) is 12.5 Å². The van der Waals surface area contributed by atoms with Crippen molar-refractivity contribution in [1.82, 2.24) is 4.90 Å². The zero-order chi connectivity index (χ0) is 16.2. The molecule has 1 fully saturated rings. The number of halogens is 3. The highest BCUT2D eigenvalue weighted by Crippen LogP contribution is 2.29. The predicted molar refractivity (Wildman–Crippen MR) is 79.5 cm³/mol. The summed E-state index contributed by atoms with van der Waals surface area (Å²) in [6.07, 6.45) is -1.26. The highest BCUT2D eigenvalue weighted by Gasteiger charge is 2.31. The van der Waals surface area contributed by atoms with Crippen LogP contribution in [0.3, 0.4) is 0 Å². The lowest BCUT2D eigenvalue weighted by atomic mass is 9.93. The molecule has 22 heavy (non-hydrogen) atoms. The molecule has 0 spiro atoms. The minimum atomic E-state index is -4.64. The summed E-state index contributed by atoms with van der Waals surface area (Å²) < 4.78 is 40.4. The second-order valence-corrected chi connectivity index (χ2v) is 5.87. The highest BCUT2D eigenvalue weighted by molar-refractivity contribution is 5.29. The number of likely N-dealkylation sites (tertiary alicyclic amines) is 1. The Kier molecular flexibility index (Phi) is 5.69. The van der Waals surface area contributed by atoms with E-state index < -0.39 is 6.36 Å². The van der Waals surface area contributed by atoms with Crippen LogP contribution in [-0.4, -0.2) is 30.9 Å². The van der Waals surface area contributed by atoms with Crippen molar-refractivity contribution in [2.75, 3.05) is 19.6 Å². The molecule has 2 N–H and O–H groups in total. The number of alkyl halides is 3. The summed E-state index contributed by atoms with van der Waals surface area (Å²) >= 11 is 0. The molecular weight excluding hydrogens is 293 g/mol. The number of benzene rings is 1. The molecule has 6 heteroatoms. The molecule has 1 heterocycles. The molecule has 0 radical (unpaired) electrons. The summed E-state index contributed by atoms with van der Waals surface area (Å²) in [6, 6.07) is 6.35. The Balaban J connectivity index is 1.98. The van der Waals surface area contributed by atoms with Crippen molar-refractivity contribution in [3.8, 4) is 5.75 Å². The molecule has 1 aliphatic rings. The largest absolute Gasteiger partial charge is 0.573 e. The van der Waals surface area contributed by atoms with Crippen LogP contribution in [0, 0.1) is 5.92 Å². The van der Waals surface area contributed by atoms with Crippen molar-refractivity contribution in [3.05, 3.63) is 29.8 Å². The van der Waals surface area contributed by atoms with Gasteiger partial charge in [-0.05, 0) is 62.9 Å². The van der Waals surface area contributed by atoms with E-state index in [9.17, 15) is 13.2 Å². The van der Waals surface area contributed by atoms with Crippen LogP contribution in [0.5, 0.6) is 5.75 Å². The molecule has 2 atom stereocenters. The molecule has 1 aliphatic heterocycles. The molecule has 1 aromatic rings. The van der Waals surface area contributed by atoms with Crippen LogP contribution in [-0.2, 0) is 0 Å². The second-order valence-electron chi connectivity index (χ2n) is 5.87. The maximum absolute atomic E-state index is 12.2. The first-order chi connectivity index (χ1) is 10.4. The minimum Gasteiger partial charge on any atom is -0.406 e. The van der Waals surface area contributed by atoms with E-state index in [-0.39, 0.29) is 11.8 Å². The van der Waals surface area contributed by atoms with Gasteiger partial charge in [-0.2, -0.15) is 0 Å². The van der Waals surface area contributed by atoms with Crippen molar-refractivity contribution >= 4 is 0 Å². The third kappa shape index (κ3) is 4.88. The summed E-state index contributed by atoms with van der Waals surface area (Å²) in [4.78, 5) is 2.38. The Morgan fingerprint density at radius 1 is 1.32 bits per heavy atom. The van der Waals surface area contributed by atoms with Gasteiger partial charge >= 0.3 is 6.36 Å².